The molecule has 20 heavy (non-hydrogen) atoms. The smallest absolute Gasteiger partial charge is 0.223 e. The molecule has 1 aliphatic carbocycles. The van der Waals surface area contributed by atoms with E-state index in [0.29, 0.717) is 18.0 Å². The van der Waals surface area contributed by atoms with Gasteiger partial charge in [-0.3, -0.25) is 0 Å². The molecule has 2 aromatic rings. The highest BCUT2D eigenvalue weighted by Crippen LogP contribution is 2.27. The van der Waals surface area contributed by atoms with E-state index in [0.717, 1.165) is 16.9 Å². The lowest BCUT2D eigenvalue weighted by Gasteiger charge is -2.33. The van der Waals surface area contributed by atoms with Crippen molar-refractivity contribution in [1.82, 2.24) is 19.9 Å². The van der Waals surface area contributed by atoms with Crippen LogP contribution in [0.15, 0.2) is 12.3 Å². The number of H-pyrrole nitrogens is 1. The zero-order chi connectivity index (χ0) is 14.1. The van der Waals surface area contributed by atoms with Crippen molar-refractivity contribution in [3.8, 4) is 0 Å². The highest BCUT2D eigenvalue weighted by Gasteiger charge is 2.23. The monoisotopic (exact) mass is 274 g/mol. The fourth-order valence-electron chi connectivity index (χ4n) is 3.00. The number of nitrogens with zero attached hydrogens (tertiary/aromatic N) is 3. The van der Waals surface area contributed by atoms with Crippen molar-refractivity contribution >= 4 is 22.8 Å². The van der Waals surface area contributed by atoms with Gasteiger partial charge in [-0.05, 0) is 45.8 Å². The van der Waals surface area contributed by atoms with E-state index in [4.69, 9.17) is 5.73 Å². The minimum atomic E-state index is 0.310. The minimum absolute atomic E-state index is 0.310. The molecule has 2 aromatic heterocycles. The summed E-state index contributed by atoms with van der Waals surface area (Å²) in [5.74, 6) is 1.16. The Morgan fingerprint density at radius 2 is 2.00 bits per heavy atom. The SMILES string of the molecule is CN(C)[C@H]1CC[C@H](Nc2nc(N)nc3[nH]ccc23)CC1. The molecule has 6 nitrogen and oxygen atoms in total. The Balaban J connectivity index is 1.73. The third-order valence-electron chi connectivity index (χ3n) is 4.20. The van der Waals surface area contributed by atoms with Crippen LogP contribution in [0.1, 0.15) is 25.7 Å². The Hall–Kier alpha value is -1.82. The molecule has 0 bridgehead atoms. The van der Waals surface area contributed by atoms with Crippen LogP contribution >= 0.6 is 0 Å². The van der Waals surface area contributed by atoms with Crippen molar-refractivity contribution in [3.63, 3.8) is 0 Å². The molecule has 6 heteroatoms. The Kier molecular flexibility index (Phi) is 3.48. The number of rotatable bonds is 3. The van der Waals surface area contributed by atoms with Crippen LogP contribution in [-0.2, 0) is 0 Å². The van der Waals surface area contributed by atoms with Gasteiger partial charge >= 0.3 is 0 Å². The summed E-state index contributed by atoms with van der Waals surface area (Å²) in [7, 11) is 4.32. The Bertz CT molecular complexity index is 582. The summed E-state index contributed by atoms with van der Waals surface area (Å²) in [5.41, 5.74) is 6.56. The third kappa shape index (κ3) is 2.56. The molecule has 0 aliphatic heterocycles. The van der Waals surface area contributed by atoms with Crippen LogP contribution in [0, 0.1) is 0 Å². The Morgan fingerprint density at radius 3 is 2.70 bits per heavy atom. The first kappa shape index (κ1) is 13.2. The van der Waals surface area contributed by atoms with Crippen LogP contribution in [0.4, 0.5) is 11.8 Å². The van der Waals surface area contributed by atoms with Gasteiger partial charge in [0.05, 0.1) is 5.39 Å². The molecule has 0 aromatic carbocycles. The van der Waals surface area contributed by atoms with Gasteiger partial charge in [-0.2, -0.15) is 9.97 Å². The number of aromatic nitrogens is 3. The maximum Gasteiger partial charge on any atom is 0.223 e. The number of nitrogen functional groups attached to an aromatic ring is 1. The quantitative estimate of drug-likeness (QED) is 0.795. The number of hydrogen-bond donors (Lipinski definition) is 3. The zero-order valence-electron chi connectivity index (χ0n) is 12.1. The van der Waals surface area contributed by atoms with Gasteiger partial charge in [0.25, 0.3) is 0 Å². The first-order valence-corrected chi connectivity index (χ1v) is 7.17. The molecule has 3 rings (SSSR count). The largest absolute Gasteiger partial charge is 0.368 e. The summed E-state index contributed by atoms with van der Waals surface area (Å²) in [6.07, 6.45) is 6.65. The lowest BCUT2D eigenvalue weighted by molar-refractivity contribution is 0.221. The van der Waals surface area contributed by atoms with E-state index in [-0.39, 0.29) is 0 Å². The summed E-state index contributed by atoms with van der Waals surface area (Å²) in [6.45, 7) is 0. The number of anilines is 2. The normalized spacial score (nSPS) is 23.4. The van der Waals surface area contributed by atoms with Crippen LogP contribution in [-0.4, -0.2) is 46.0 Å². The molecular weight excluding hydrogens is 252 g/mol. The van der Waals surface area contributed by atoms with Crippen molar-refractivity contribution in [2.24, 2.45) is 0 Å². The maximum atomic E-state index is 5.76. The van der Waals surface area contributed by atoms with Crippen LogP contribution < -0.4 is 11.1 Å². The van der Waals surface area contributed by atoms with Gasteiger partial charge in [0.2, 0.25) is 5.95 Å². The first-order valence-electron chi connectivity index (χ1n) is 7.17. The average molecular weight is 274 g/mol. The van der Waals surface area contributed by atoms with Crippen LogP contribution in [0.2, 0.25) is 0 Å². The number of nitrogens with two attached hydrogens (primary N) is 1. The summed E-state index contributed by atoms with van der Waals surface area (Å²) in [5, 5.41) is 4.55. The average Bonchev–Trinajstić information content (AvgIpc) is 2.87. The van der Waals surface area contributed by atoms with Gasteiger partial charge in [0.1, 0.15) is 11.5 Å². The van der Waals surface area contributed by atoms with Gasteiger partial charge < -0.3 is 20.9 Å². The molecule has 1 aliphatic rings. The van der Waals surface area contributed by atoms with E-state index in [1.807, 2.05) is 12.3 Å². The van der Waals surface area contributed by atoms with Crippen molar-refractivity contribution in [2.45, 2.75) is 37.8 Å². The number of aromatic amines is 1. The van der Waals surface area contributed by atoms with E-state index in [1.54, 1.807) is 0 Å². The second-order valence-electron chi connectivity index (χ2n) is 5.78. The van der Waals surface area contributed by atoms with Crippen molar-refractivity contribution in [3.05, 3.63) is 12.3 Å². The second kappa shape index (κ2) is 5.28. The molecule has 1 saturated carbocycles. The number of hydrogen-bond acceptors (Lipinski definition) is 5. The molecule has 0 unspecified atom stereocenters. The summed E-state index contributed by atoms with van der Waals surface area (Å²) >= 11 is 0. The molecule has 2 heterocycles. The Morgan fingerprint density at radius 1 is 1.25 bits per heavy atom. The predicted molar refractivity (Wildman–Crippen MR) is 81.7 cm³/mol. The van der Waals surface area contributed by atoms with E-state index in [1.165, 1.54) is 25.7 Å². The minimum Gasteiger partial charge on any atom is -0.368 e. The topological polar surface area (TPSA) is 82.9 Å². The molecule has 0 radical (unpaired) electrons. The van der Waals surface area contributed by atoms with E-state index in [2.05, 4.69) is 39.3 Å². The third-order valence-corrected chi connectivity index (χ3v) is 4.20. The first-order chi connectivity index (χ1) is 9.63. The molecule has 0 spiro atoms. The van der Waals surface area contributed by atoms with Crippen LogP contribution in [0.25, 0.3) is 11.0 Å². The Labute approximate surface area is 118 Å². The van der Waals surface area contributed by atoms with Gasteiger partial charge in [0.15, 0.2) is 0 Å². The molecule has 1 fully saturated rings. The van der Waals surface area contributed by atoms with Crippen LogP contribution in [0.5, 0.6) is 0 Å². The fraction of sp³-hybridized carbons (Fsp3) is 0.571. The number of nitrogens with one attached hydrogen (secondary N) is 2. The molecule has 4 N–H and O–H groups in total. The van der Waals surface area contributed by atoms with Gasteiger partial charge in [0, 0.05) is 18.3 Å². The molecule has 108 valence electrons. The summed E-state index contributed by atoms with van der Waals surface area (Å²) < 4.78 is 0. The maximum absolute atomic E-state index is 5.76. The lowest BCUT2D eigenvalue weighted by Crippen LogP contribution is -2.36. The van der Waals surface area contributed by atoms with Gasteiger partial charge in [-0.1, -0.05) is 0 Å². The van der Waals surface area contributed by atoms with Gasteiger partial charge in [-0.15, -0.1) is 0 Å². The molecule has 0 atom stereocenters. The second-order valence-corrected chi connectivity index (χ2v) is 5.78. The van der Waals surface area contributed by atoms with E-state index >= 15 is 0 Å². The summed E-state index contributed by atoms with van der Waals surface area (Å²) in [4.78, 5) is 13.9. The lowest BCUT2D eigenvalue weighted by atomic mass is 9.90. The van der Waals surface area contributed by atoms with Crippen LogP contribution in [0.3, 0.4) is 0 Å². The number of fused-ring (bicyclic) bond motifs is 1. The highest BCUT2D eigenvalue weighted by molar-refractivity contribution is 5.88. The summed E-state index contributed by atoms with van der Waals surface area (Å²) in [6, 6.07) is 3.16. The zero-order valence-corrected chi connectivity index (χ0v) is 12.1. The molecular formula is C14H22N6. The van der Waals surface area contributed by atoms with E-state index < -0.39 is 0 Å². The highest BCUT2D eigenvalue weighted by atomic mass is 15.1. The predicted octanol–water partition coefficient (Wildman–Crippen LogP) is 1.82. The standard InChI is InChI=1S/C14H22N6/c1-20(2)10-5-3-9(4-6-10)17-13-11-7-8-16-12(11)18-14(15)19-13/h7-10H,3-6H2,1-2H3,(H4,15,16,17,18,19)/t9-,10-. The molecule has 0 saturated heterocycles. The van der Waals surface area contributed by atoms with E-state index in [9.17, 15) is 0 Å². The molecule has 0 amide bonds. The van der Waals surface area contributed by atoms with Crippen molar-refractivity contribution in [2.75, 3.05) is 25.1 Å². The fourth-order valence-corrected chi connectivity index (χ4v) is 3.00. The van der Waals surface area contributed by atoms with Gasteiger partial charge in [-0.25, -0.2) is 0 Å². The van der Waals surface area contributed by atoms with Crippen molar-refractivity contribution < 1.29 is 0 Å². The van der Waals surface area contributed by atoms with Crippen molar-refractivity contribution in [1.29, 1.82) is 0 Å².